The third-order valence-corrected chi connectivity index (χ3v) is 4.63. The lowest BCUT2D eigenvalue weighted by atomic mass is 10.0. The molecule has 7 heteroatoms. The highest BCUT2D eigenvalue weighted by molar-refractivity contribution is 7.89. The van der Waals surface area contributed by atoms with Crippen molar-refractivity contribution in [3.8, 4) is 0 Å². The van der Waals surface area contributed by atoms with Crippen LogP contribution in [0, 0.1) is 5.92 Å². The molecule has 0 aliphatic carbocycles. The Bertz CT molecular complexity index is 469. The van der Waals surface area contributed by atoms with Crippen LogP contribution in [0.5, 0.6) is 0 Å². The van der Waals surface area contributed by atoms with Crippen molar-refractivity contribution in [2.24, 2.45) is 11.7 Å². The molecule has 18 heavy (non-hydrogen) atoms. The maximum absolute atomic E-state index is 12.1. The summed E-state index contributed by atoms with van der Waals surface area (Å²) in [6, 6.07) is -0.0992. The van der Waals surface area contributed by atoms with E-state index >= 15 is 0 Å². The van der Waals surface area contributed by atoms with E-state index in [-0.39, 0.29) is 10.9 Å². The molecule has 0 saturated carbocycles. The first-order chi connectivity index (χ1) is 8.40. The van der Waals surface area contributed by atoms with Crippen LogP contribution in [0.15, 0.2) is 17.3 Å². The molecule has 2 unspecified atom stereocenters. The number of hydrogen-bond acceptors (Lipinski definition) is 4. The molecule has 1 aromatic heterocycles. The van der Waals surface area contributed by atoms with Crippen molar-refractivity contribution >= 4 is 10.0 Å². The maximum Gasteiger partial charge on any atom is 0.243 e. The normalized spacial score (nSPS) is 15.6. The van der Waals surface area contributed by atoms with Gasteiger partial charge in [0.1, 0.15) is 4.90 Å². The van der Waals surface area contributed by atoms with Crippen LogP contribution in [0.25, 0.3) is 0 Å². The summed E-state index contributed by atoms with van der Waals surface area (Å²) in [5, 5.41) is 3.96. The summed E-state index contributed by atoms with van der Waals surface area (Å²) in [6.07, 6.45) is 3.77. The van der Waals surface area contributed by atoms with Gasteiger partial charge >= 0.3 is 0 Å². The number of aromatic nitrogens is 2. The van der Waals surface area contributed by atoms with E-state index in [4.69, 9.17) is 5.73 Å². The van der Waals surface area contributed by atoms with Crippen LogP contribution in [0.1, 0.15) is 27.2 Å². The van der Waals surface area contributed by atoms with Crippen molar-refractivity contribution in [2.45, 2.75) is 44.7 Å². The molecule has 6 nitrogen and oxygen atoms in total. The van der Waals surface area contributed by atoms with Crippen molar-refractivity contribution in [2.75, 3.05) is 6.54 Å². The standard InChI is InChI=1S/C11H22N4O2S/c1-4-9(2)10(3)14-18(16,17)11-7-13-15(8-11)6-5-12/h7-10,14H,4-6,12H2,1-3H3. The van der Waals surface area contributed by atoms with Gasteiger partial charge in [-0.05, 0) is 12.8 Å². The zero-order chi connectivity index (χ0) is 13.8. The highest BCUT2D eigenvalue weighted by atomic mass is 32.2. The highest BCUT2D eigenvalue weighted by Gasteiger charge is 2.21. The van der Waals surface area contributed by atoms with Crippen LogP contribution in [0.3, 0.4) is 0 Å². The van der Waals surface area contributed by atoms with Gasteiger partial charge < -0.3 is 5.73 Å². The summed E-state index contributed by atoms with van der Waals surface area (Å²) in [4.78, 5) is 0.186. The molecule has 0 saturated heterocycles. The number of rotatable bonds is 7. The highest BCUT2D eigenvalue weighted by Crippen LogP contribution is 2.12. The second-order valence-electron chi connectivity index (χ2n) is 4.52. The molecule has 1 heterocycles. The number of sulfonamides is 1. The Kier molecular flexibility index (Phi) is 5.30. The van der Waals surface area contributed by atoms with Gasteiger partial charge in [0.05, 0.1) is 12.7 Å². The summed E-state index contributed by atoms with van der Waals surface area (Å²) >= 11 is 0. The summed E-state index contributed by atoms with van der Waals surface area (Å²) < 4.78 is 28.4. The molecule has 2 atom stereocenters. The Morgan fingerprint density at radius 1 is 1.50 bits per heavy atom. The van der Waals surface area contributed by atoms with Crippen LogP contribution in [-0.2, 0) is 16.6 Å². The molecule has 0 aromatic carbocycles. The van der Waals surface area contributed by atoms with Crippen molar-refractivity contribution < 1.29 is 8.42 Å². The minimum atomic E-state index is -3.49. The van der Waals surface area contributed by atoms with Gasteiger partial charge in [-0.1, -0.05) is 20.3 Å². The smallest absolute Gasteiger partial charge is 0.243 e. The zero-order valence-electron chi connectivity index (χ0n) is 11.1. The number of nitrogens with two attached hydrogens (primary N) is 1. The zero-order valence-corrected chi connectivity index (χ0v) is 11.9. The van der Waals surface area contributed by atoms with E-state index in [1.165, 1.54) is 17.1 Å². The first-order valence-corrected chi connectivity index (χ1v) is 7.64. The van der Waals surface area contributed by atoms with E-state index in [1.54, 1.807) is 0 Å². The van der Waals surface area contributed by atoms with Gasteiger partial charge in [-0.2, -0.15) is 5.10 Å². The van der Waals surface area contributed by atoms with E-state index in [9.17, 15) is 8.42 Å². The van der Waals surface area contributed by atoms with Crippen LogP contribution < -0.4 is 10.5 Å². The van der Waals surface area contributed by atoms with Gasteiger partial charge in [-0.3, -0.25) is 4.68 Å². The fourth-order valence-corrected chi connectivity index (χ4v) is 2.82. The first kappa shape index (κ1) is 15.1. The number of nitrogens with zero attached hydrogens (tertiary/aromatic N) is 2. The van der Waals surface area contributed by atoms with Crippen molar-refractivity contribution in [3.63, 3.8) is 0 Å². The third-order valence-electron chi connectivity index (χ3n) is 3.12. The summed E-state index contributed by atoms with van der Waals surface area (Å²) in [5.74, 6) is 0.291. The minimum Gasteiger partial charge on any atom is -0.329 e. The second kappa shape index (κ2) is 6.31. The van der Waals surface area contributed by atoms with Crippen LogP contribution in [0.2, 0.25) is 0 Å². The van der Waals surface area contributed by atoms with E-state index < -0.39 is 10.0 Å². The van der Waals surface area contributed by atoms with Crippen LogP contribution >= 0.6 is 0 Å². The summed E-state index contributed by atoms with van der Waals surface area (Å²) in [5.41, 5.74) is 5.39. The van der Waals surface area contributed by atoms with E-state index in [0.717, 1.165) is 6.42 Å². The Labute approximate surface area is 109 Å². The minimum absolute atomic E-state index is 0.0992. The molecule has 0 bridgehead atoms. The average Bonchev–Trinajstić information content (AvgIpc) is 2.77. The molecule has 3 N–H and O–H groups in total. The molecule has 0 amide bonds. The van der Waals surface area contributed by atoms with E-state index in [1.807, 2.05) is 20.8 Å². The molecule has 0 radical (unpaired) electrons. The fourth-order valence-electron chi connectivity index (χ4n) is 1.52. The summed E-state index contributed by atoms with van der Waals surface area (Å²) in [7, 11) is -3.49. The van der Waals surface area contributed by atoms with Crippen LogP contribution in [-0.4, -0.2) is 30.8 Å². The SMILES string of the molecule is CCC(C)C(C)NS(=O)(=O)c1cnn(CCN)c1. The lowest BCUT2D eigenvalue weighted by Crippen LogP contribution is -2.36. The molecular weight excluding hydrogens is 252 g/mol. The van der Waals surface area contributed by atoms with Gasteiger partial charge in [0, 0.05) is 18.8 Å². The number of hydrogen-bond donors (Lipinski definition) is 2. The van der Waals surface area contributed by atoms with Crippen molar-refractivity contribution in [3.05, 3.63) is 12.4 Å². The Balaban J connectivity index is 2.79. The topological polar surface area (TPSA) is 90.0 Å². The fraction of sp³-hybridized carbons (Fsp3) is 0.727. The molecular formula is C11H22N4O2S. The quantitative estimate of drug-likeness (QED) is 0.760. The van der Waals surface area contributed by atoms with Gasteiger partial charge in [0.25, 0.3) is 0 Å². The molecule has 0 aliphatic rings. The Hall–Kier alpha value is -0.920. The lowest BCUT2D eigenvalue weighted by molar-refractivity contribution is 0.434. The predicted octanol–water partition coefficient (Wildman–Crippen LogP) is 0.555. The Morgan fingerprint density at radius 2 is 2.17 bits per heavy atom. The monoisotopic (exact) mass is 274 g/mol. The maximum atomic E-state index is 12.1. The van der Waals surface area contributed by atoms with Crippen molar-refractivity contribution in [1.29, 1.82) is 0 Å². The van der Waals surface area contributed by atoms with Crippen molar-refractivity contribution in [1.82, 2.24) is 14.5 Å². The Morgan fingerprint density at radius 3 is 2.72 bits per heavy atom. The molecule has 1 aromatic rings. The van der Waals surface area contributed by atoms with Crippen LogP contribution in [0.4, 0.5) is 0 Å². The van der Waals surface area contributed by atoms with Gasteiger partial charge in [0.2, 0.25) is 10.0 Å². The molecule has 0 fully saturated rings. The van der Waals surface area contributed by atoms with Gasteiger partial charge in [-0.25, -0.2) is 13.1 Å². The number of nitrogens with one attached hydrogen (secondary N) is 1. The molecule has 0 spiro atoms. The van der Waals surface area contributed by atoms with E-state index in [0.29, 0.717) is 19.0 Å². The molecule has 1 rings (SSSR count). The van der Waals surface area contributed by atoms with E-state index in [2.05, 4.69) is 9.82 Å². The first-order valence-electron chi connectivity index (χ1n) is 6.15. The third kappa shape index (κ3) is 3.79. The summed E-state index contributed by atoms with van der Waals surface area (Å²) in [6.45, 7) is 6.87. The lowest BCUT2D eigenvalue weighted by Gasteiger charge is -2.19. The predicted molar refractivity (Wildman–Crippen MR) is 70.5 cm³/mol. The largest absolute Gasteiger partial charge is 0.329 e. The molecule has 0 aliphatic heterocycles. The molecule has 104 valence electrons. The van der Waals surface area contributed by atoms with Gasteiger partial charge in [0.15, 0.2) is 0 Å². The van der Waals surface area contributed by atoms with Gasteiger partial charge in [-0.15, -0.1) is 0 Å². The average molecular weight is 274 g/mol. The second-order valence-corrected chi connectivity index (χ2v) is 6.24.